The Kier molecular flexibility index (Phi) is 3.36. The zero-order valence-corrected chi connectivity index (χ0v) is 14.6. The van der Waals surface area contributed by atoms with Crippen molar-refractivity contribution in [1.82, 2.24) is 5.53 Å². The van der Waals surface area contributed by atoms with Gasteiger partial charge in [-0.1, -0.05) is 42.4 Å². The molecule has 7 nitrogen and oxygen atoms in total. The molecule has 2 aliphatic carbocycles. The Morgan fingerprint density at radius 3 is 2.76 bits per heavy atom. The molecule has 2 aliphatic heterocycles. The molecule has 3 fully saturated rings. The highest BCUT2D eigenvalue weighted by Gasteiger charge is 2.66. The molecule has 6 atom stereocenters. The predicted octanol–water partition coefficient (Wildman–Crippen LogP) is 3.76. The standard InChI is InChI=1S/C18H24N4O3/c1-12-8-14-10-13(2)17(15(9-12)11-14)23-18(25-24-17)19-20-21-22(18)16-6-4-3-5-7-16/h3-7,12-15H,8-11H2,1-2H3,(H,19,21). The minimum absolute atomic E-state index is 0.247. The normalized spacial score (nSPS) is 45.3. The van der Waals surface area contributed by atoms with Crippen LogP contribution in [-0.2, 0) is 14.5 Å². The van der Waals surface area contributed by atoms with E-state index in [1.807, 2.05) is 30.3 Å². The average molecular weight is 344 g/mol. The van der Waals surface area contributed by atoms with Gasteiger partial charge in [-0.15, -0.1) is 4.89 Å². The van der Waals surface area contributed by atoms with Gasteiger partial charge in [-0.25, -0.2) is 0 Å². The van der Waals surface area contributed by atoms with Gasteiger partial charge in [0.15, 0.2) is 0 Å². The SMILES string of the molecule is CC1CC2CC(C)C3(OOC4(N=NNN4c4ccccc4)O3)C(C1)C2. The Labute approximate surface area is 147 Å². The smallest absolute Gasteiger partial charge is 0.273 e. The van der Waals surface area contributed by atoms with E-state index >= 15 is 0 Å². The second kappa shape index (κ2) is 5.40. The van der Waals surface area contributed by atoms with Crippen LogP contribution < -0.4 is 10.5 Å². The molecule has 2 spiro atoms. The van der Waals surface area contributed by atoms with Gasteiger partial charge in [0.2, 0.25) is 5.79 Å². The molecule has 0 aromatic heterocycles. The summed E-state index contributed by atoms with van der Waals surface area (Å²) in [6, 6.07) is 8.36. The van der Waals surface area contributed by atoms with Crippen LogP contribution in [0.15, 0.2) is 40.7 Å². The quantitative estimate of drug-likeness (QED) is 0.786. The van der Waals surface area contributed by atoms with Crippen LogP contribution in [0.4, 0.5) is 5.69 Å². The van der Waals surface area contributed by atoms with E-state index in [2.05, 4.69) is 29.7 Å². The first-order valence-corrected chi connectivity index (χ1v) is 9.21. The lowest BCUT2D eigenvalue weighted by atomic mass is 9.62. The first-order chi connectivity index (χ1) is 12.1. The lowest BCUT2D eigenvalue weighted by molar-refractivity contribution is -0.377. The van der Waals surface area contributed by atoms with Crippen LogP contribution in [0.25, 0.3) is 0 Å². The molecule has 6 unspecified atom stereocenters. The summed E-state index contributed by atoms with van der Waals surface area (Å²) in [5.41, 5.74) is 3.72. The van der Waals surface area contributed by atoms with Crippen LogP contribution in [0.5, 0.6) is 0 Å². The van der Waals surface area contributed by atoms with E-state index in [4.69, 9.17) is 14.5 Å². The molecule has 1 N–H and O–H groups in total. The molecular formula is C18H24N4O3. The summed E-state index contributed by atoms with van der Waals surface area (Å²) in [7, 11) is 0. The summed E-state index contributed by atoms with van der Waals surface area (Å²) in [6.07, 6.45) is 4.62. The summed E-state index contributed by atoms with van der Waals surface area (Å²) < 4.78 is 6.51. The highest BCUT2D eigenvalue weighted by atomic mass is 17.3. The van der Waals surface area contributed by atoms with Crippen molar-refractivity contribution >= 4 is 5.69 Å². The first-order valence-electron chi connectivity index (χ1n) is 9.21. The van der Waals surface area contributed by atoms with Gasteiger partial charge in [0.1, 0.15) is 0 Å². The molecule has 134 valence electrons. The summed E-state index contributed by atoms with van der Waals surface area (Å²) in [5, 5.41) is 9.82. The second-order valence-electron chi connectivity index (χ2n) is 8.02. The number of rotatable bonds is 1. The van der Waals surface area contributed by atoms with Crippen molar-refractivity contribution in [1.29, 1.82) is 0 Å². The van der Waals surface area contributed by atoms with Crippen molar-refractivity contribution < 1.29 is 14.5 Å². The molecule has 5 rings (SSSR count). The van der Waals surface area contributed by atoms with Crippen molar-refractivity contribution in [3.05, 3.63) is 30.3 Å². The van der Waals surface area contributed by atoms with E-state index in [1.54, 1.807) is 5.01 Å². The summed E-state index contributed by atoms with van der Waals surface area (Å²) in [6.45, 7) is 4.52. The largest absolute Gasteiger partial charge is 0.428 e. The van der Waals surface area contributed by atoms with Crippen LogP contribution >= 0.6 is 0 Å². The van der Waals surface area contributed by atoms with E-state index in [0.717, 1.165) is 30.9 Å². The number of benzene rings is 1. The third-order valence-corrected chi connectivity index (χ3v) is 6.17. The van der Waals surface area contributed by atoms with Gasteiger partial charge in [0.05, 0.1) is 5.69 Å². The van der Waals surface area contributed by atoms with Gasteiger partial charge >= 0.3 is 6.03 Å². The fourth-order valence-corrected chi connectivity index (χ4v) is 5.18. The molecule has 2 saturated carbocycles. The Hall–Kier alpha value is -1.70. The number of nitrogens with zero attached hydrogens (tertiary/aromatic N) is 3. The maximum atomic E-state index is 6.51. The van der Waals surface area contributed by atoms with Gasteiger partial charge in [0, 0.05) is 11.8 Å². The number of hydrogen-bond donors (Lipinski definition) is 1. The Morgan fingerprint density at radius 1 is 1.08 bits per heavy atom. The maximum Gasteiger partial charge on any atom is 0.428 e. The van der Waals surface area contributed by atoms with Crippen LogP contribution in [0.1, 0.15) is 39.5 Å². The highest BCUT2D eigenvalue weighted by molar-refractivity contribution is 5.46. The average Bonchev–Trinajstić information content (AvgIpc) is 3.20. The van der Waals surface area contributed by atoms with Crippen molar-refractivity contribution in [3.8, 4) is 0 Å². The number of para-hydroxylation sites is 1. The van der Waals surface area contributed by atoms with Crippen molar-refractivity contribution in [2.45, 2.75) is 51.4 Å². The molecule has 4 aliphatic rings. The first kappa shape index (κ1) is 15.5. The molecule has 1 saturated heterocycles. The van der Waals surface area contributed by atoms with Gasteiger partial charge < -0.3 is 0 Å². The van der Waals surface area contributed by atoms with Gasteiger partial charge in [-0.3, -0.25) is 4.74 Å². The van der Waals surface area contributed by atoms with Gasteiger partial charge in [-0.2, -0.15) is 15.4 Å². The summed E-state index contributed by atoms with van der Waals surface area (Å²) in [4.78, 5) is 11.7. The third-order valence-electron chi connectivity index (χ3n) is 6.17. The molecule has 25 heavy (non-hydrogen) atoms. The number of anilines is 1. The lowest BCUT2D eigenvalue weighted by Gasteiger charge is -2.49. The van der Waals surface area contributed by atoms with E-state index in [1.165, 1.54) is 6.42 Å². The van der Waals surface area contributed by atoms with Crippen molar-refractivity contribution in [2.24, 2.45) is 34.0 Å². The zero-order valence-electron chi connectivity index (χ0n) is 14.6. The van der Waals surface area contributed by atoms with Crippen LogP contribution in [-0.4, -0.2) is 11.8 Å². The van der Waals surface area contributed by atoms with E-state index < -0.39 is 11.8 Å². The minimum atomic E-state index is -1.40. The zero-order chi connectivity index (χ0) is 17.1. The number of fused-ring (bicyclic) bond motifs is 3. The molecule has 1 aromatic rings. The third kappa shape index (κ3) is 2.22. The lowest BCUT2D eigenvalue weighted by Crippen LogP contribution is -2.57. The molecule has 1 aromatic carbocycles. The monoisotopic (exact) mass is 344 g/mol. The van der Waals surface area contributed by atoms with E-state index in [9.17, 15) is 0 Å². The molecule has 7 heteroatoms. The molecule has 2 heterocycles. The van der Waals surface area contributed by atoms with Crippen LogP contribution in [0.2, 0.25) is 0 Å². The fourth-order valence-electron chi connectivity index (χ4n) is 5.18. The molecule has 2 bridgehead atoms. The number of ether oxygens (including phenoxy) is 1. The Bertz CT molecular complexity index is 682. The summed E-state index contributed by atoms with van der Waals surface area (Å²) >= 11 is 0. The molecular weight excluding hydrogens is 320 g/mol. The number of hydrogen-bond acceptors (Lipinski definition) is 7. The molecule has 0 amide bonds. The van der Waals surface area contributed by atoms with Crippen molar-refractivity contribution in [3.63, 3.8) is 0 Å². The molecule has 0 radical (unpaired) electrons. The van der Waals surface area contributed by atoms with Crippen molar-refractivity contribution in [2.75, 3.05) is 5.01 Å². The Morgan fingerprint density at radius 2 is 1.92 bits per heavy atom. The summed E-state index contributed by atoms with van der Waals surface area (Å²) in [5.74, 6) is 1.25. The minimum Gasteiger partial charge on any atom is -0.273 e. The van der Waals surface area contributed by atoms with Crippen LogP contribution in [0, 0.1) is 23.7 Å². The number of nitrogens with one attached hydrogen (secondary N) is 1. The second-order valence-corrected chi connectivity index (χ2v) is 8.02. The fraction of sp³-hybridized carbons (Fsp3) is 0.667. The van der Waals surface area contributed by atoms with E-state index in [0.29, 0.717) is 11.8 Å². The van der Waals surface area contributed by atoms with Gasteiger partial charge in [0.25, 0.3) is 0 Å². The van der Waals surface area contributed by atoms with Crippen LogP contribution in [0.3, 0.4) is 0 Å². The topological polar surface area (TPSA) is 67.7 Å². The maximum absolute atomic E-state index is 6.51. The number of hydrazine groups is 1. The van der Waals surface area contributed by atoms with Gasteiger partial charge in [-0.05, 0) is 49.7 Å². The highest BCUT2D eigenvalue weighted by Crippen LogP contribution is 2.57. The van der Waals surface area contributed by atoms with E-state index in [-0.39, 0.29) is 5.92 Å². The Balaban J connectivity index is 1.47. The predicted molar refractivity (Wildman–Crippen MR) is 89.4 cm³/mol.